The molecule has 1 aliphatic heterocycles. The van der Waals surface area contributed by atoms with Crippen LogP contribution in [-0.4, -0.2) is 39.0 Å². The number of benzene rings is 1. The zero-order valence-corrected chi connectivity index (χ0v) is 11.6. The van der Waals surface area contributed by atoms with Crippen LogP contribution in [0.4, 0.5) is 0 Å². The predicted molar refractivity (Wildman–Crippen MR) is 72.0 cm³/mol. The van der Waals surface area contributed by atoms with Crippen LogP contribution in [0, 0.1) is 0 Å². The van der Waals surface area contributed by atoms with Crippen LogP contribution < -0.4 is 9.47 Å². The maximum Gasteiger partial charge on any atom is 0.164 e. The molecule has 0 fully saturated rings. The van der Waals surface area contributed by atoms with E-state index < -0.39 is 0 Å². The van der Waals surface area contributed by atoms with Gasteiger partial charge < -0.3 is 14.3 Å². The average molecular weight is 261 g/mol. The summed E-state index contributed by atoms with van der Waals surface area (Å²) in [5.41, 5.74) is 3.65. The molecule has 0 amide bonds. The highest BCUT2D eigenvalue weighted by Gasteiger charge is 2.40. The summed E-state index contributed by atoms with van der Waals surface area (Å²) in [5, 5.41) is 0. The molecule has 4 heteroatoms. The van der Waals surface area contributed by atoms with Gasteiger partial charge in [-0.05, 0) is 37.1 Å². The van der Waals surface area contributed by atoms with E-state index in [-0.39, 0.29) is 5.92 Å². The Balaban J connectivity index is 2.26. The molecule has 0 radical (unpaired) electrons. The van der Waals surface area contributed by atoms with Crippen molar-refractivity contribution in [1.29, 1.82) is 0 Å². The Labute approximate surface area is 113 Å². The van der Waals surface area contributed by atoms with E-state index in [1.54, 1.807) is 14.2 Å². The summed E-state index contributed by atoms with van der Waals surface area (Å²) in [6, 6.07) is 2.42. The highest BCUT2D eigenvalue weighted by molar-refractivity contribution is 5.72. The highest BCUT2D eigenvalue weighted by atomic mass is 16.5. The number of nitrogens with zero attached hydrogens (tertiary/aromatic N) is 1. The van der Waals surface area contributed by atoms with Gasteiger partial charge in [-0.2, -0.15) is 0 Å². The van der Waals surface area contributed by atoms with Crippen molar-refractivity contribution in [1.82, 2.24) is 4.90 Å². The quantitative estimate of drug-likeness (QED) is 0.779. The number of likely N-dealkylation sites (N-methyl/N-ethyl adjacent to an activating group) is 1. The summed E-state index contributed by atoms with van der Waals surface area (Å²) in [6.07, 6.45) is 2.90. The second-order valence-electron chi connectivity index (χ2n) is 5.32. The Hall–Kier alpha value is -1.55. The normalized spacial score (nSPS) is 25.0. The van der Waals surface area contributed by atoms with Gasteiger partial charge in [0.1, 0.15) is 6.29 Å². The molecule has 1 aromatic rings. The molecular weight excluding hydrogens is 242 g/mol. The van der Waals surface area contributed by atoms with E-state index in [4.69, 9.17) is 9.47 Å². The monoisotopic (exact) mass is 261 g/mol. The fourth-order valence-electron chi connectivity index (χ4n) is 3.51. The van der Waals surface area contributed by atoms with E-state index >= 15 is 0 Å². The van der Waals surface area contributed by atoms with Crippen LogP contribution in [-0.2, 0) is 11.2 Å². The van der Waals surface area contributed by atoms with E-state index in [0.717, 1.165) is 42.7 Å². The lowest BCUT2D eigenvalue weighted by molar-refractivity contribution is -0.109. The Morgan fingerprint density at radius 1 is 1.32 bits per heavy atom. The molecule has 19 heavy (non-hydrogen) atoms. The fraction of sp³-hybridized carbons (Fsp3) is 0.533. The first kappa shape index (κ1) is 12.5. The predicted octanol–water partition coefficient (Wildman–Crippen LogP) is 1.92. The van der Waals surface area contributed by atoms with Crippen LogP contribution in [0.5, 0.6) is 11.5 Å². The first-order valence-electron chi connectivity index (χ1n) is 6.64. The second-order valence-corrected chi connectivity index (χ2v) is 5.32. The highest BCUT2D eigenvalue weighted by Crippen LogP contribution is 2.52. The topological polar surface area (TPSA) is 38.8 Å². The Bertz CT molecular complexity index is 527. The average Bonchev–Trinajstić information content (AvgIpc) is 2.83. The molecule has 1 aromatic carbocycles. The third-order valence-electron chi connectivity index (χ3n) is 4.45. The maximum atomic E-state index is 11.4. The molecule has 2 unspecified atom stereocenters. The first-order chi connectivity index (χ1) is 9.21. The van der Waals surface area contributed by atoms with E-state index in [9.17, 15) is 4.79 Å². The molecule has 0 saturated heterocycles. The van der Waals surface area contributed by atoms with Gasteiger partial charge >= 0.3 is 0 Å². The molecule has 1 aliphatic carbocycles. The minimum atomic E-state index is -0.0793. The lowest BCUT2D eigenvalue weighted by Crippen LogP contribution is -2.30. The van der Waals surface area contributed by atoms with Gasteiger partial charge in [-0.15, -0.1) is 0 Å². The fourth-order valence-corrected chi connectivity index (χ4v) is 3.51. The maximum absolute atomic E-state index is 11.4. The minimum absolute atomic E-state index is 0.0793. The molecule has 0 saturated carbocycles. The van der Waals surface area contributed by atoms with Crippen molar-refractivity contribution in [3.05, 3.63) is 22.8 Å². The van der Waals surface area contributed by atoms with Crippen LogP contribution in [0.3, 0.4) is 0 Å². The van der Waals surface area contributed by atoms with Gasteiger partial charge in [0.05, 0.1) is 14.2 Å². The van der Waals surface area contributed by atoms with E-state index in [1.807, 2.05) is 0 Å². The van der Waals surface area contributed by atoms with Crippen LogP contribution in [0.2, 0.25) is 0 Å². The van der Waals surface area contributed by atoms with E-state index in [2.05, 4.69) is 18.0 Å². The number of hydrogen-bond donors (Lipinski definition) is 0. The van der Waals surface area contributed by atoms with Crippen molar-refractivity contribution in [3.63, 3.8) is 0 Å². The van der Waals surface area contributed by atoms with Crippen molar-refractivity contribution < 1.29 is 14.3 Å². The van der Waals surface area contributed by atoms with Gasteiger partial charge in [0.2, 0.25) is 0 Å². The Morgan fingerprint density at radius 2 is 2.11 bits per heavy atom. The molecule has 0 N–H and O–H groups in total. The molecule has 102 valence electrons. The summed E-state index contributed by atoms with van der Waals surface area (Å²) in [5.74, 6) is 1.40. The Kier molecular flexibility index (Phi) is 2.97. The molecular formula is C15H19NO3. The summed E-state index contributed by atoms with van der Waals surface area (Å²) >= 11 is 0. The van der Waals surface area contributed by atoms with Gasteiger partial charge in [0.25, 0.3) is 0 Å². The lowest BCUT2D eigenvalue weighted by atomic mass is 9.92. The van der Waals surface area contributed by atoms with Crippen molar-refractivity contribution in [2.24, 2.45) is 0 Å². The third kappa shape index (κ3) is 1.66. The zero-order chi connectivity index (χ0) is 13.6. The zero-order valence-electron chi connectivity index (χ0n) is 11.6. The lowest BCUT2D eigenvalue weighted by Gasteiger charge is -2.32. The molecule has 1 heterocycles. The van der Waals surface area contributed by atoms with E-state index in [1.165, 1.54) is 11.1 Å². The number of hydrogen-bond acceptors (Lipinski definition) is 4. The minimum Gasteiger partial charge on any atom is -0.493 e. The number of carbonyl (C=O) groups excluding carboxylic acids is 1. The number of ether oxygens (including phenoxy) is 2. The van der Waals surface area contributed by atoms with Gasteiger partial charge in [-0.25, -0.2) is 0 Å². The largest absolute Gasteiger partial charge is 0.493 e. The van der Waals surface area contributed by atoms with Gasteiger partial charge in [-0.1, -0.05) is 0 Å². The number of aldehydes is 1. The van der Waals surface area contributed by atoms with Crippen molar-refractivity contribution in [2.45, 2.75) is 24.8 Å². The molecule has 3 rings (SSSR count). The molecule has 0 spiro atoms. The third-order valence-corrected chi connectivity index (χ3v) is 4.45. The number of rotatable bonds is 3. The van der Waals surface area contributed by atoms with Crippen molar-refractivity contribution in [2.75, 3.05) is 27.8 Å². The summed E-state index contributed by atoms with van der Waals surface area (Å²) in [4.78, 5) is 13.8. The van der Waals surface area contributed by atoms with Crippen LogP contribution >= 0.6 is 0 Å². The van der Waals surface area contributed by atoms with Gasteiger partial charge in [-0.3, -0.25) is 4.90 Å². The van der Waals surface area contributed by atoms with Gasteiger partial charge in [0, 0.05) is 24.1 Å². The van der Waals surface area contributed by atoms with E-state index in [0.29, 0.717) is 6.04 Å². The number of carbonyl (C=O) groups is 1. The van der Waals surface area contributed by atoms with Crippen LogP contribution in [0.1, 0.15) is 35.1 Å². The van der Waals surface area contributed by atoms with Crippen molar-refractivity contribution in [3.8, 4) is 11.5 Å². The second kappa shape index (κ2) is 4.53. The molecule has 2 aliphatic rings. The molecule has 0 aromatic heterocycles. The Morgan fingerprint density at radius 3 is 2.74 bits per heavy atom. The smallest absolute Gasteiger partial charge is 0.164 e. The molecule has 4 nitrogen and oxygen atoms in total. The number of methoxy groups -OCH3 is 2. The van der Waals surface area contributed by atoms with Gasteiger partial charge in [0.15, 0.2) is 11.5 Å². The standard InChI is InChI=1S/C15H19NO3/c1-16-5-4-9-7-12(18-2)15(19-3)14-10(8-17)6-11(16)13(9)14/h7-8,10-11H,4-6H2,1-3H3. The summed E-state index contributed by atoms with van der Waals surface area (Å²) < 4.78 is 10.9. The SMILES string of the molecule is COc1cc2c3c(c1OC)C(C=O)CC3N(C)CC2. The molecule has 0 bridgehead atoms. The van der Waals surface area contributed by atoms with Crippen molar-refractivity contribution >= 4 is 6.29 Å². The molecule has 2 atom stereocenters. The summed E-state index contributed by atoms with van der Waals surface area (Å²) in [6.45, 7) is 1.03. The van der Waals surface area contributed by atoms with Crippen LogP contribution in [0.25, 0.3) is 0 Å². The first-order valence-corrected chi connectivity index (χ1v) is 6.64. The van der Waals surface area contributed by atoms with Crippen LogP contribution in [0.15, 0.2) is 6.07 Å². The summed E-state index contributed by atoms with van der Waals surface area (Å²) in [7, 11) is 5.41.